The lowest BCUT2D eigenvalue weighted by Gasteiger charge is -2.38. The van der Waals surface area contributed by atoms with Crippen molar-refractivity contribution in [3.63, 3.8) is 0 Å². The predicted octanol–water partition coefficient (Wildman–Crippen LogP) is 3.85. The van der Waals surface area contributed by atoms with Crippen molar-refractivity contribution in [2.24, 2.45) is 0 Å². The first-order chi connectivity index (χ1) is 9.86. The van der Waals surface area contributed by atoms with Gasteiger partial charge in [0, 0.05) is 24.7 Å². The Morgan fingerprint density at radius 1 is 0.762 bits per heavy atom. The molecule has 0 aliphatic rings. The number of rotatable bonds is 13. The number of nitrogens with one attached hydrogen (secondary N) is 3. The second kappa shape index (κ2) is 11.8. The Bertz CT molecular complexity index is 234. The van der Waals surface area contributed by atoms with Crippen LogP contribution < -0.4 is 16.0 Å². The number of hydrogen-bond donors (Lipinski definition) is 3. The van der Waals surface area contributed by atoms with Gasteiger partial charge in [0.2, 0.25) is 0 Å². The normalized spacial score (nSPS) is 19.0. The van der Waals surface area contributed by atoms with Crippen molar-refractivity contribution in [2.75, 3.05) is 6.54 Å². The standard InChI is InChI=1S/C17H40N3P/c1-7-10-14(4)18-13-17(21,19-15(5)11-8-2)20-16(6)12-9-3/h14-16,18-20H,7-13,21H2,1-6H3. The maximum absolute atomic E-state index is 3.77. The van der Waals surface area contributed by atoms with E-state index < -0.39 is 0 Å². The lowest BCUT2D eigenvalue weighted by Crippen LogP contribution is -2.63. The van der Waals surface area contributed by atoms with Crippen LogP contribution in [0, 0.1) is 0 Å². The van der Waals surface area contributed by atoms with Crippen molar-refractivity contribution < 1.29 is 0 Å². The maximum atomic E-state index is 3.77. The third-order valence-corrected chi connectivity index (χ3v) is 4.44. The Balaban J connectivity index is 4.56. The van der Waals surface area contributed by atoms with Gasteiger partial charge in [0.1, 0.15) is 0 Å². The second-order valence-corrected chi connectivity index (χ2v) is 7.70. The zero-order valence-corrected chi connectivity index (χ0v) is 16.4. The van der Waals surface area contributed by atoms with E-state index in [9.17, 15) is 0 Å². The van der Waals surface area contributed by atoms with Crippen LogP contribution in [0.4, 0.5) is 0 Å². The molecular formula is C17H40N3P. The van der Waals surface area contributed by atoms with Crippen molar-refractivity contribution in [1.29, 1.82) is 0 Å². The zero-order valence-electron chi connectivity index (χ0n) is 15.3. The molecule has 0 aromatic carbocycles. The van der Waals surface area contributed by atoms with E-state index in [4.69, 9.17) is 0 Å². The van der Waals surface area contributed by atoms with Gasteiger partial charge in [-0.15, -0.1) is 0 Å². The molecule has 4 heteroatoms. The molecule has 0 aromatic rings. The van der Waals surface area contributed by atoms with E-state index in [2.05, 4.69) is 66.7 Å². The summed E-state index contributed by atoms with van der Waals surface area (Å²) in [5.41, 5.74) is 0. The van der Waals surface area contributed by atoms with Gasteiger partial charge in [-0.25, -0.2) is 0 Å². The first kappa shape index (κ1) is 21.3. The quantitative estimate of drug-likeness (QED) is 0.357. The fourth-order valence-electron chi connectivity index (χ4n) is 2.90. The van der Waals surface area contributed by atoms with Crippen LogP contribution in [0.25, 0.3) is 0 Å². The molecule has 3 nitrogen and oxygen atoms in total. The largest absolute Gasteiger partial charge is 0.311 e. The molecule has 0 radical (unpaired) electrons. The summed E-state index contributed by atoms with van der Waals surface area (Å²) in [4.78, 5) is 0. The van der Waals surface area contributed by atoms with Crippen molar-refractivity contribution >= 4 is 9.24 Å². The van der Waals surface area contributed by atoms with E-state index in [1.807, 2.05) is 0 Å². The summed E-state index contributed by atoms with van der Waals surface area (Å²) in [5.74, 6) is 0. The Hall–Kier alpha value is 0.310. The molecule has 0 aliphatic carbocycles. The second-order valence-electron chi connectivity index (χ2n) is 6.71. The summed E-state index contributed by atoms with van der Waals surface area (Å²) >= 11 is 0. The minimum atomic E-state index is -0.120. The first-order valence-electron chi connectivity index (χ1n) is 8.94. The smallest absolute Gasteiger partial charge is 0.0958 e. The predicted molar refractivity (Wildman–Crippen MR) is 99.8 cm³/mol. The van der Waals surface area contributed by atoms with Crippen molar-refractivity contribution in [2.45, 2.75) is 104 Å². The van der Waals surface area contributed by atoms with Crippen LogP contribution in [0.1, 0.15) is 80.1 Å². The molecule has 21 heavy (non-hydrogen) atoms. The summed E-state index contributed by atoms with van der Waals surface area (Å²) < 4.78 is 0. The Morgan fingerprint density at radius 2 is 1.14 bits per heavy atom. The van der Waals surface area contributed by atoms with E-state index in [0.29, 0.717) is 18.1 Å². The van der Waals surface area contributed by atoms with Crippen LogP contribution in [0.15, 0.2) is 0 Å². The highest BCUT2D eigenvalue weighted by Crippen LogP contribution is 2.16. The van der Waals surface area contributed by atoms with Gasteiger partial charge in [-0.2, -0.15) is 0 Å². The van der Waals surface area contributed by atoms with Gasteiger partial charge in [-0.1, -0.05) is 49.3 Å². The SMILES string of the molecule is CCCC(C)NCC(P)(NC(C)CCC)NC(C)CCC. The Labute approximate surface area is 136 Å². The summed E-state index contributed by atoms with van der Waals surface area (Å²) in [5, 5.41) is 11.1. The van der Waals surface area contributed by atoms with Gasteiger partial charge in [0.25, 0.3) is 0 Å². The maximum Gasteiger partial charge on any atom is 0.0958 e. The van der Waals surface area contributed by atoms with Gasteiger partial charge in [-0.3, -0.25) is 10.6 Å². The van der Waals surface area contributed by atoms with Crippen molar-refractivity contribution in [3.05, 3.63) is 0 Å². The number of hydrogen-bond acceptors (Lipinski definition) is 3. The van der Waals surface area contributed by atoms with Crippen LogP contribution >= 0.6 is 9.24 Å². The van der Waals surface area contributed by atoms with Gasteiger partial charge >= 0.3 is 0 Å². The van der Waals surface area contributed by atoms with Crippen LogP contribution in [0.3, 0.4) is 0 Å². The molecule has 0 bridgehead atoms. The third kappa shape index (κ3) is 10.6. The molecule has 0 rings (SSSR count). The van der Waals surface area contributed by atoms with Gasteiger partial charge in [0.05, 0.1) is 5.40 Å². The monoisotopic (exact) mass is 317 g/mol. The molecule has 0 saturated carbocycles. The molecule has 0 heterocycles. The molecular weight excluding hydrogens is 277 g/mol. The Kier molecular flexibility index (Phi) is 12.0. The average Bonchev–Trinajstić information content (AvgIpc) is 2.37. The van der Waals surface area contributed by atoms with Gasteiger partial charge in [0.15, 0.2) is 0 Å². The first-order valence-corrected chi connectivity index (χ1v) is 9.52. The van der Waals surface area contributed by atoms with E-state index in [1.165, 1.54) is 38.5 Å². The fraction of sp³-hybridized carbons (Fsp3) is 1.00. The molecule has 0 aliphatic heterocycles. The van der Waals surface area contributed by atoms with E-state index >= 15 is 0 Å². The molecule has 0 spiro atoms. The lowest BCUT2D eigenvalue weighted by molar-refractivity contribution is 0.278. The van der Waals surface area contributed by atoms with Crippen LogP contribution in [0.2, 0.25) is 0 Å². The van der Waals surface area contributed by atoms with E-state index in [1.54, 1.807) is 0 Å². The summed E-state index contributed by atoms with van der Waals surface area (Å²) in [6.07, 6.45) is 7.33. The van der Waals surface area contributed by atoms with Crippen LogP contribution in [-0.2, 0) is 0 Å². The highest BCUT2D eigenvalue weighted by molar-refractivity contribution is 7.18. The molecule has 128 valence electrons. The topological polar surface area (TPSA) is 36.1 Å². The average molecular weight is 318 g/mol. The summed E-state index contributed by atoms with van der Waals surface area (Å²) in [6, 6.07) is 1.62. The van der Waals surface area contributed by atoms with Gasteiger partial charge < -0.3 is 5.32 Å². The molecule has 0 aromatic heterocycles. The molecule has 4 atom stereocenters. The molecule has 3 N–H and O–H groups in total. The molecule has 0 fully saturated rings. The summed E-state index contributed by atoms with van der Waals surface area (Å²) in [6.45, 7) is 14.5. The third-order valence-electron chi connectivity index (χ3n) is 3.90. The highest BCUT2D eigenvalue weighted by atomic mass is 31.0. The molecule has 4 unspecified atom stereocenters. The molecule has 0 saturated heterocycles. The summed E-state index contributed by atoms with van der Waals surface area (Å²) in [7, 11) is 3.02. The minimum Gasteiger partial charge on any atom is -0.311 e. The molecule has 0 amide bonds. The highest BCUT2D eigenvalue weighted by Gasteiger charge is 2.27. The van der Waals surface area contributed by atoms with E-state index in [0.717, 1.165) is 6.54 Å². The van der Waals surface area contributed by atoms with E-state index in [-0.39, 0.29) is 5.40 Å². The zero-order chi connectivity index (χ0) is 16.3. The fourth-order valence-corrected chi connectivity index (χ4v) is 3.59. The minimum absolute atomic E-state index is 0.120. The van der Waals surface area contributed by atoms with Crippen molar-refractivity contribution in [1.82, 2.24) is 16.0 Å². The van der Waals surface area contributed by atoms with Crippen molar-refractivity contribution in [3.8, 4) is 0 Å². The van der Waals surface area contributed by atoms with Crippen LogP contribution in [-0.4, -0.2) is 30.1 Å². The lowest BCUT2D eigenvalue weighted by atomic mass is 10.1. The van der Waals surface area contributed by atoms with Crippen LogP contribution in [0.5, 0.6) is 0 Å². The van der Waals surface area contributed by atoms with Gasteiger partial charge in [-0.05, 0) is 40.0 Å². The Morgan fingerprint density at radius 3 is 1.52 bits per heavy atom.